The number of rotatable bonds is 18. The van der Waals surface area contributed by atoms with Gasteiger partial charge in [-0.05, 0) is 193 Å². The highest BCUT2D eigenvalue weighted by Crippen LogP contribution is 2.38. The van der Waals surface area contributed by atoms with E-state index in [4.69, 9.17) is 48.0 Å². The number of aromatic nitrogens is 8. The van der Waals surface area contributed by atoms with Gasteiger partial charge in [0, 0.05) is 44.8 Å². The minimum absolute atomic E-state index is 0.0213. The first-order valence-corrected chi connectivity index (χ1v) is 27.3. The summed E-state index contributed by atoms with van der Waals surface area (Å²) in [6, 6.07) is 55.5. The lowest BCUT2D eigenvalue weighted by molar-refractivity contribution is -0.315. The molecule has 89 heavy (non-hydrogen) atoms. The lowest BCUT2D eigenvalue weighted by atomic mass is 10.1. The van der Waals surface area contributed by atoms with Crippen LogP contribution >= 0.6 is 0 Å². The SMILES string of the molecule is C=C(N)c1ccc2nc(-c3ccc(OC(F)(F)C(F)(F)COc4ccc(-c5nc6ccc(C(=N)N)cc6[nH]5)cc4)cc3)[nH]c2c1.C=C(N)c1ccc2nc(-c3ccc(Oc4ccc(Oc5ccc(-c6nc7ccc(C(=N)N)cc7[nH]6)cc5)cc4)cc3)[nH]c2c1. The molecule has 0 atom stereocenters. The van der Waals surface area contributed by atoms with Crippen LogP contribution in [0.15, 0.2) is 207 Å². The first-order valence-electron chi connectivity index (χ1n) is 27.3. The van der Waals surface area contributed by atoms with E-state index >= 15 is 0 Å². The normalized spacial score (nSPS) is 11.6. The molecule has 0 aliphatic carbocycles. The predicted molar refractivity (Wildman–Crippen MR) is 337 cm³/mol. The Hall–Kier alpha value is -12.2. The summed E-state index contributed by atoms with van der Waals surface area (Å²) >= 11 is 0. The van der Waals surface area contributed by atoms with Gasteiger partial charge < -0.3 is 61.8 Å². The average Bonchev–Trinajstić information content (AvgIpc) is 3.43. The molecule has 0 spiro atoms. The Balaban J connectivity index is 0.000000173. The van der Waals surface area contributed by atoms with Crippen molar-refractivity contribution < 1.29 is 36.5 Å². The zero-order valence-electron chi connectivity index (χ0n) is 46.8. The first-order chi connectivity index (χ1) is 42.8. The molecule has 0 amide bonds. The van der Waals surface area contributed by atoms with E-state index in [0.29, 0.717) is 90.4 Å². The second-order valence-corrected chi connectivity index (χ2v) is 20.5. The number of imidazole rings is 4. The van der Waals surface area contributed by atoms with Crippen LogP contribution in [-0.2, 0) is 0 Å². The summed E-state index contributed by atoms with van der Waals surface area (Å²) in [5.41, 5.74) is 35.4. The standard InChI is InChI=1S/C35H27N7O2.C32H25F4N7O2/c1-20(36)23-6-16-29-31(18-23)41-34(39-29)21-2-8-25(9-3-21)43-27-12-14-28(15-13-27)44-26-10-4-22(5-11-26)35-40-30-17-7-24(33(37)38)19-32(30)42-35;1-17(37)20-6-12-24-26(14-20)42-30(40-24)19-4-10-23(11-5-19)45-32(35,36)31(33,34)16-44-22-8-2-18(3-9-22)29-41-25-13-7-21(28(38)39)15-27(25)43-29/h2-19H,1,36H2,(H3,37,38)(H,39,41)(H,40,42);2-15H,1,16,37H2,(H3,38,39)(H,40,42)(H,41,43). The minimum Gasteiger partial charge on any atom is -0.487 e. The molecule has 18 nitrogen and oxygen atoms in total. The van der Waals surface area contributed by atoms with Crippen molar-refractivity contribution in [2.24, 2.45) is 22.9 Å². The molecule has 0 saturated carbocycles. The number of hydrogen-bond acceptors (Lipinski definition) is 12. The third-order valence-corrected chi connectivity index (χ3v) is 14.2. The summed E-state index contributed by atoms with van der Waals surface area (Å²) < 4.78 is 79.9. The van der Waals surface area contributed by atoms with Crippen molar-refractivity contribution in [2.75, 3.05) is 6.61 Å². The highest BCUT2D eigenvalue weighted by molar-refractivity contribution is 5.99. The Labute approximate surface area is 503 Å². The molecule has 4 aromatic heterocycles. The molecule has 13 rings (SSSR count). The van der Waals surface area contributed by atoms with Crippen LogP contribution in [0.5, 0.6) is 34.5 Å². The van der Waals surface area contributed by atoms with Crippen molar-refractivity contribution in [3.63, 3.8) is 0 Å². The number of nitrogen functional groups attached to an aromatic ring is 2. The fourth-order valence-electron chi connectivity index (χ4n) is 9.40. The lowest BCUT2D eigenvalue weighted by Gasteiger charge is -2.26. The Morgan fingerprint density at radius 2 is 0.652 bits per heavy atom. The van der Waals surface area contributed by atoms with E-state index in [-0.39, 0.29) is 17.4 Å². The van der Waals surface area contributed by atoms with E-state index in [2.05, 4.69) is 57.8 Å². The van der Waals surface area contributed by atoms with E-state index in [1.165, 1.54) is 24.3 Å². The quantitative estimate of drug-likeness (QED) is 0.0218. The molecule has 13 aromatic rings. The van der Waals surface area contributed by atoms with Gasteiger partial charge >= 0.3 is 12.0 Å². The molecule has 0 unspecified atom stereocenters. The van der Waals surface area contributed by atoms with Gasteiger partial charge in [-0.25, -0.2) is 19.9 Å². The summed E-state index contributed by atoms with van der Waals surface area (Å²) in [7, 11) is 0. The van der Waals surface area contributed by atoms with Crippen LogP contribution in [0.4, 0.5) is 17.6 Å². The molecule has 0 saturated heterocycles. The van der Waals surface area contributed by atoms with E-state index in [1.54, 1.807) is 54.6 Å². The number of ether oxygens (including phenoxy) is 4. The van der Waals surface area contributed by atoms with Crippen molar-refractivity contribution in [3.05, 3.63) is 230 Å². The van der Waals surface area contributed by atoms with Crippen LogP contribution in [0.1, 0.15) is 22.3 Å². The molecule has 9 aromatic carbocycles. The van der Waals surface area contributed by atoms with E-state index in [0.717, 1.165) is 68.1 Å². The lowest BCUT2D eigenvalue weighted by Crippen LogP contribution is -2.49. The maximum atomic E-state index is 14.6. The Morgan fingerprint density at radius 3 is 0.955 bits per heavy atom. The molecule has 0 aliphatic rings. The minimum atomic E-state index is -4.87. The summed E-state index contributed by atoms with van der Waals surface area (Å²) in [5, 5.41) is 15.2. The highest BCUT2D eigenvalue weighted by Gasteiger charge is 2.60. The van der Waals surface area contributed by atoms with Crippen molar-refractivity contribution in [3.8, 4) is 80.0 Å². The maximum absolute atomic E-state index is 14.6. The summed E-state index contributed by atoms with van der Waals surface area (Å²) in [4.78, 5) is 31.1. The molecule has 0 aliphatic heterocycles. The van der Waals surface area contributed by atoms with Gasteiger partial charge in [0.05, 0.1) is 44.1 Å². The fourth-order valence-corrected chi connectivity index (χ4v) is 9.40. The largest absolute Gasteiger partial charge is 0.487 e. The van der Waals surface area contributed by atoms with E-state index in [9.17, 15) is 17.6 Å². The molecule has 0 radical (unpaired) electrons. The number of nitrogens with zero attached hydrogens (tertiary/aromatic N) is 4. The third-order valence-electron chi connectivity index (χ3n) is 14.2. The molecule has 0 fully saturated rings. The van der Waals surface area contributed by atoms with Gasteiger partial charge in [-0.1, -0.05) is 25.3 Å². The Bertz CT molecular complexity index is 4670. The number of H-pyrrole nitrogens is 4. The van der Waals surface area contributed by atoms with Crippen LogP contribution in [-0.4, -0.2) is 70.2 Å². The van der Waals surface area contributed by atoms with E-state index < -0.39 is 24.4 Å². The van der Waals surface area contributed by atoms with Gasteiger partial charge in [0.25, 0.3) is 0 Å². The summed E-state index contributed by atoms with van der Waals surface area (Å²) in [6.45, 7) is 5.87. The summed E-state index contributed by atoms with van der Waals surface area (Å²) in [5.74, 6) is -0.0625. The van der Waals surface area contributed by atoms with Gasteiger partial charge in [0.2, 0.25) is 0 Å². The second kappa shape index (κ2) is 23.3. The molecule has 14 N–H and O–H groups in total. The fraction of sp³-hybridized carbons (Fsp3) is 0.0448. The topological polar surface area (TPSA) is 303 Å². The van der Waals surface area contributed by atoms with Crippen molar-refractivity contribution in [2.45, 2.75) is 12.0 Å². The molecular weight excluding hydrogens is 1140 g/mol. The molecule has 442 valence electrons. The van der Waals surface area contributed by atoms with Gasteiger partial charge in [-0.2, -0.15) is 17.6 Å². The molecular formula is C67H52F4N14O4. The number of halogens is 4. The van der Waals surface area contributed by atoms with Gasteiger partial charge in [0.15, 0.2) is 6.61 Å². The zero-order chi connectivity index (χ0) is 62.1. The van der Waals surface area contributed by atoms with Gasteiger partial charge in [-0.15, -0.1) is 0 Å². The zero-order valence-corrected chi connectivity index (χ0v) is 46.8. The van der Waals surface area contributed by atoms with Crippen molar-refractivity contribution in [1.82, 2.24) is 39.9 Å². The molecule has 4 heterocycles. The van der Waals surface area contributed by atoms with Crippen molar-refractivity contribution in [1.29, 1.82) is 10.8 Å². The Kier molecular flexibility index (Phi) is 15.0. The second-order valence-electron chi connectivity index (χ2n) is 20.5. The predicted octanol–water partition coefficient (Wildman–Crippen LogP) is 14.2. The Morgan fingerprint density at radius 1 is 0.382 bits per heavy atom. The third kappa shape index (κ3) is 12.5. The number of nitrogens with two attached hydrogens (primary N) is 4. The number of fused-ring (bicyclic) bond motifs is 4. The van der Waals surface area contributed by atoms with E-state index in [1.807, 2.05) is 103 Å². The van der Waals surface area contributed by atoms with Crippen molar-refractivity contribution >= 4 is 67.2 Å². The van der Waals surface area contributed by atoms with Crippen LogP contribution in [0.25, 0.3) is 101 Å². The summed E-state index contributed by atoms with van der Waals surface area (Å²) in [6.07, 6.45) is -4.87. The van der Waals surface area contributed by atoms with Crippen LogP contribution in [0.3, 0.4) is 0 Å². The number of hydrogen-bond donors (Lipinski definition) is 10. The van der Waals surface area contributed by atoms with Gasteiger partial charge in [0.1, 0.15) is 69.5 Å². The van der Waals surface area contributed by atoms with Crippen LogP contribution in [0.2, 0.25) is 0 Å². The van der Waals surface area contributed by atoms with Crippen LogP contribution in [0, 0.1) is 10.8 Å². The van der Waals surface area contributed by atoms with Crippen LogP contribution < -0.4 is 41.9 Å². The van der Waals surface area contributed by atoms with Gasteiger partial charge in [-0.3, -0.25) is 10.8 Å². The number of alkyl halides is 4. The number of nitrogens with one attached hydrogen (secondary N) is 6. The molecule has 0 bridgehead atoms. The monoisotopic (exact) mass is 1190 g/mol. The number of benzene rings is 9. The number of amidine groups is 2. The average molecular weight is 1190 g/mol. The smallest absolute Gasteiger partial charge is 0.468 e. The maximum Gasteiger partial charge on any atom is 0.468 e. The number of aromatic amines is 4. The first kappa shape index (κ1) is 57.2. The molecule has 22 heteroatoms. The highest BCUT2D eigenvalue weighted by atomic mass is 19.3.